The molecule has 3 aromatic carbocycles. The maximum atomic E-state index is 6.40. The highest BCUT2D eigenvalue weighted by Gasteiger charge is 2.29. The van der Waals surface area contributed by atoms with Crippen LogP contribution in [0.4, 0.5) is 17.1 Å². The Hall–Kier alpha value is -5.12. The van der Waals surface area contributed by atoms with E-state index in [1.807, 2.05) is 30.3 Å². The van der Waals surface area contributed by atoms with E-state index in [9.17, 15) is 0 Å². The van der Waals surface area contributed by atoms with E-state index >= 15 is 0 Å². The molecule has 0 fully saturated rings. The van der Waals surface area contributed by atoms with E-state index < -0.39 is 0 Å². The van der Waals surface area contributed by atoms with Crippen molar-refractivity contribution < 1.29 is 18.6 Å². The van der Waals surface area contributed by atoms with Crippen molar-refractivity contribution in [2.24, 2.45) is 4.99 Å². The molecule has 0 amide bonds. The van der Waals surface area contributed by atoms with Gasteiger partial charge in [-0.25, -0.2) is 19.1 Å². The molecule has 0 aromatic heterocycles. The molecular formula is C36H38N6O4+2. The summed E-state index contributed by atoms with van der Waals surface area (Å²) in [5.74, 6) is 3.90. The number of benzene rings is 4. The second-order valence-electron chi connectivity index (χ2n) is 12.4. The topological polar surface area (TPSA) is 78.6 Å². The highest BCUT2D eigenvalue weighted by molar-refractivity contribution is 5.80. The van der Waals surface area contributed by atoms with Crippen molar-refractivity contribution >= 4 is 28.2 Å². The van der Waals surface area contributed by atoms with E-state index in [2.05, 4.69) is 84.4 Å². The third kappa shape index (κ3) is 4.88. The van der Waals surface area contributed by atoms with Crippen LogP contribution in [0.1, 0.15) is 13.3 Å². The average molecular weight is 619 g/mol. The lowest BCUT2D eigenvalue weighted by Gasteiger charge is -2.36. The molecule has 1 unspecified atom stereocenters. The smallest absolute Gasteiger partial charge is 0.246 e. The van der Waals surface area contributed by atoms with Crippen LogP contribution in [0.5, 0.6) is 23.0 Å². The van der Waals surface area contributed by atoms with Gasteiger partial charge in [0.15, 0.2) is 35.1 Å². The number of hydrogen-bond acceptors (Lipinski definition) is 8. The first-order valence-electron chi connectivity index (χ1n) is 15.9. The Bertz CT molecular complexity index is 2190. The standard InChI is InChI=1S/C36H38N6O4/c1-6-39(2)22-7-9-25-31(15-22)45-32-16-23(8-10-26(32)37-25)40(3)12-11-24-21-44-36-18-28-34(20-30(36)42(24)5)46-33-19-29-35(17-27(33)38-28)43-14-13-41(29)4/h7-10,15-20,24H,6,11-14,21H2,1-5H3/q+2. The highest BCUT2D eigenvalue weighted by atomic mass is 16.5. The molecule has 10 nitrogen and oxygen atoms in total. The van der Waals surface area contributed by atoms with Gasteiger partial charge in [-0.3, -0.25) is 0 Å². The van der Waals surface area contributed by atoms with Crippen LogP contribution in [-0.2, 0) is 0 Å². The highest BCUT2D eigenvalue weighted by Crippen LogP contribution is 2.45. The van der Waals surface area contributed by atoms with Crippen molar-refractivity contribution in [2.75, 3.05) is 70.8 Å². The number of nitrogens with zero attached hydrogens (tertiary/aromatic N) is 6. The molecule has 4 heterocycles. The summed E-state index contributed by atoms with van der Waals surface area (Å²) >= 11 is 0. The van der Waals surface area contributed by atoms with Gasteiger partial charge in [0.1, 0.15) is 61.9 Å². The quantitative estimate of drug-likeness (QED) is 0.216. The van der Waals surface area contributed by atoms with Crippen LogP contribution in [0.15, 0.2) is 70.1 Å². The van der Waals surface area contributed by atoms with E-state index in [0.29, 0.717) is 13.2 Å². The predicted octanol–water partition coefficient (Wildman–Crippen LogP) is 3.65. The number of likely N-dealkylation sites (N-methyl/N-ethyl adjacent to an activating group) is 2. The van der Waals surface area contributed by atoms with Crippen molar-refractivity contribution in [1.82, 2.24) is 14.1 Å². The molecule has 0 saturated carbocycles. The fourth-order valence-electron chi connectivity index (χ4n) is 6.38. The molecule has 0 bridgehead atoms. The maximum Gasteiger partial charge on any atom is 0.246 e. The number of fused-ring (bicyclic) bond motifs is 6. The average Bonchev–Trinajstić information content (AvgIpc) is 3.07. The summed E-state index contributed by atoms with van der Waals surface area (Å²) in [5.41, 5.74) is 5.37. The molecule has 0 N–H and O–H groups in total. The molecule has 3 aromatic rings. The SMILES string of the molecule is CCN(C)c1ccc2nc3ccc(=[N+](C)CCC4COc5cc6c(cc5N4C)Oc4cc5c(cc4=N6)OCC[N+]=5C)cc-3oc2c1. The monoisotopic (exact) mass is 618 g/mol. The van der Waals surface area contributed by atoms with Crippen LogP contribution in [0.3, 0.4) is 0 Å². The molecule has 4 aliphatic heterocycles. The number of aromatic nitrogens is 1. The van der Waals surface area contributed by atoms with Gasteiger partial charge in [-0.15, -0.1) is 0 Å². The normalized spacial score (nSPS) is 17.1. The Balaban J connectivity index is 1.03. The Kier molecular flexibility index (Phi) is 6.81. The molecule has 10 heteroatoms. The van der Waals surface area contributed by atoms with Crippen molar-refractivity contribution in [3.05, 3.63) is 76.7 Å². The first-order valence-corrected chi connectivity index (χ1v) is 15.9. The van der Waals surface area contributed by atoms with Gasteiger partial charge in [-0.05, 0) is 25.1 Å². The molecule has 0 spiro atoms. The largest absolute Gasteiger partial charge is 0.489 e. The van der Waals surface area contributed by atoms with E-state index in [1.54, 1.807) is 0 Å². The van der Waals surface area contributed by atoms with Gasteiger partial charge in [0.05, 0.1) is 23.9 Å². The van der Waals surface area contributed by atoms with Gasteiger partial charge in [0, 0.05) is 63.1 Å². The number of hydrogen-bond donors (Lipinski definition) is 0. The van der Waals surface area contributed by atoms with Crippen LogP contribution in [0.25, 0.3) is 22.6 Å². The first kappa shape index (κ1) is 28.4. The van der Waals surface area contributed by atoms with Gasteiger partial charge >= 0.3 is 0 Å². The summed E-state index contributed by atoms with van der Waals surface area (Å²) in [5, 5.41) is 2.87. The van der Waals surface area contributed by atoms with E-state index in [4.69, 9.17) is 28.6 Å². The molecule has 1 atom stereocenters. The summed E-state index contributed by atoms with van der Waals surface area (Å²) in [6.07, 6.45) is 0.911. The number of anilines is 2. The third-order valence-electron chi connectivity index (χ3n) is 9.50. The molecule has 0 radical (unpaired) electrons. The zero-order chi connectivity index (χ0) is 31.5. The van der Waals surface area contributed by atoms with Crippen LogP contribution in [-0.4, -0.2) is 72.1 Å². The van der Waals surface area contributed by atoms with Crippen molar-refractivity contribution in [2.45, 2.75) is 19.4 Å². The van der Waals surface area contributed by atoms with Crippen molar-refractivity contribution in [1.29, 1.82) is 0 Å². The summed E-state index contributed by atoms with van der Waals surface area (Å²) in [4.78, 5) is 14.2. The minimum Gasteiger partial charge on any atom is -0.489 e. The Labute approximate surface area is 267 Å². The molecule has 234 valence electrons. The van der Waals surface area contributed by atoms with Gasteiger partial charge in [-0.2, -0.15) is 0 Å². The molecule has 46 heavy (non-hydrogen) atoms. The van der Waals surface area contributed by atoms with Gasteiger partial charge < -0.3 is 28.4 Å². The first-order chi connectivity index (χ1) is 22.3. The van der Waals surface area contributed by atoms with Crippen LogP contribution >= 0.6 is 0 Å². The lowest BCUT2D eigenvalue weighted by Crippen LogP contribution is -2.42. The molecule has 5 aliphatic rings. The van der Waals surface area contributed by atoms with Gasteiger partial charge in [0.25, 0.3) is 0 Å². The molecular weight excluding hydrogens is 580 g/mol. The van der Waals surface area contributed by atoms with Gasteiger partial charge in [0.2, 0.25) is 10.7 Å². The lowest BCUT2D eigenvalue weighted by molar-refractivity contribution is 0.257. The third-order valence-corrected chi connectivity index (χ3v) is 9.50. The van der Waals surface area contributed by atoms with Crippen LogP contribution in [0.2, 0.25) is 0 Å². The Morgan fingerprint density at radius 3 is 2.76 bits per heavy atom. The summed E-state index contributed by atoms with van der Waals surface area (Å²) in [7, 11) is 8.39. The maximum absolute atomic E-state index is 6.40. The second-order valence-corrected chi connectivity index (χ2v) is 12.4. The Morgan fingerprint density at radius 2 is 1.89 bits per heavy atom. The zero-order valence-corrected chi connectivity index (χ0v) is 26.9. The van der Waals surface area contributed by atoms with Gasteiger partial charge in [-0.1, -0.05) is 0 Å². The zero-order valence-electron chi connectivity index (χ0n) is 26.9. The van der Waals surface area contributed by atoms with E-state index in [-0.39, 0.29) is 6.04 Å². The predicted molar refractivity (Wildman–Crippen MR) is 179 cm³/mol. The molecule has 8 rings (SSSR count). The minimum atomic E-state index is 0.198. The summed E-state index contributed by atoms with van der Waals surface area (Å²) < 4.78 is 29.4. The fourth-order valence-corrected chi connectivity index (χ4v) is 6.38. The fraction of sp³-hybridized carbons (Fsp3) is 0.333. The number of rotatable bonds is 5. The number of ether oxygens (including phenoxy) is 3. The van der Waals surface area contributed by atoms with Crippen molar-refractivity contribution in [3.63, 3.8) is 0 Å². The van der Waals surface area contributed by atoms with Crippen LogP contribution in [0, 0.1) is 0 Å². The summed E-state index contributed by atoms with van der Waals surface area (Å²) in [6.45, 7) is 6.00. The van der Waals surface area contributed by atoms with E-state index in [0.717, 1.165) is 105 Å². The summed E-state index contributed by atoms with van der Waals surface area (Å²) in [6, 6.07) is 20.6. The van der Waals surface area contributed by atoms with Crippen molar-refractivity contribution in [3.8, 4) is 34.5 Å². The lowest BCUT2D eigenvalue weighted by atomic mass is 10.1. The molecule has 1 aliphatic carbocycles. The molecule has 0 saturated heterocycles. The second kappa shape index (κ2) is 11.0. The van der Waals surface area contributed by atoms with E-state index in [1.165, 1.54) is 0 Å². The Morgan fingerprint density at radius 1 is 1.00 bits per heavy atom. The minimum absolute atomic E-state index is 0.198. The van der Waals surface area contributed by atoms with Crippen LogP contribution < -0.4 is 49.2 Å².